The summed E-state index contributed by atoms with van der Waals surface area (Å²) in [4.78, 5) is 26.7. The summed E-state index contributed by atoms with van der Waals surface area (Å²) in [5, 5.41) is 2.79. The van der Waals surface area contributed by atoms with Crippen LogP contribution in [0.1, 0.15) is 24.5 Å². The van der Waals surface area contributed by atoms with Crippen molar-refractivity contribution in [3.63, 3.8) is 0 Å². The summed E-state index contributed by atoms with van der Waals surface area (Å²) < 4.78 is 18.4. The van der Waals surface area contributed by atoms with Gasteiger partial charge in [0.15, 0.2) is 0 Å². The van der Waals surface area contributed by atoms with Crippen molar-refractivity contribution in [3.05, 3.63) is 65.5 Å². The summed E-state index contributed by atoms with van der Waals surface area (Å²) in [6.07, 6.45) is 0.373. The molecule has 0 spiro atoms. The Hall–Kier alpha value is -2.89. The van der Waals surface area contributed by atoms with Gasteiger partial charge in [-0.3, -0.25) is 9.69 Å². The van der Waals surface area contributed by atoms with Gasteiger partial charge in [0, 0.05) is 0 Å². The fourth-order valence-corrected chi connectivity index (χ4v) is 3.10. The highest BCUT2D eigenvalue weighted by Gasteiger charge is 2.51. The smallest absolute Gasteiger partial charge is 0.325 e. The lowest BCUT2D eigenvalue weighted by Crippen LogP contribution is -2.43. The zero-order chi connectivity index (χ0) is 18.0. The van der Waals surface area contributed by atoms with E-state index in [4.69, 9.17) is 4.74 Å². The van der Waals surface area contributed by atoms with Crippen molar-refractivity contribution >= 4 is 11.9 Å². The van der Waals surface area contributed by atoms with Crippen molar-refractivity contribution in [2.45, 2.75) is 25.4 Å². The lowest BCUT2D eigenvalue weighted by Gasteiger charge is -2.25. The van der Waals surface area contributed by atoms with Gasteiger partial charge in [-0.25, -0.2) is 9.18 Å². The van der Waals surface area contributed by atoms with Crippen LogP contribution in [0.15, 0.2) is 48.5 Å². The van der Waals surface area contributed by atoms with E-state index in [1.165, 1.54) is 29.2 Å². The number of amides is 3. The average molecular weight is 342 g/mol. The molecule has 0 bridgehead atoms. The molecule has 25 heavy (non-hydrogen) atoms. The number of halogens is 1. The summed E-state index contributed by atoms with van der Waals surface area (Å²) in [5.74, 6) is -0.0701. The highest BCUT2D eigenvalue weighted by Crippen LogP contribution is 2.33. The van der Waals surface area contributed by atoms with Gasteiger partial charge in [0.25, 0.3) is 5.91 Å². The maximum atomic E-state index is 13.2. The maximum absolute atomic E-state index is 13.2. The molecule has 1 saturated heterocycles. The third-order valence-corrected chi connectivity index (χ3v) is 4.52. The number of nitrogens with one attached hydrogen (secondary N) is 1. The molecule has 1 N–H and O–H groups in total. The van der Waals surface area contributed by atoms with Gasteiger partial charge in [-0.1, -0.05) is 31.2 Å². The first kappa shape index (κ1) is 17.0. The van der Waals surface area contributed by atoms with E-state index in [1.54, 1.807) is 25.3 Å². The SMILES string of the molecule is CCC1(c2ccc(F)cc2)NC(=O)N(Cc2cccc(OC)c2)C1=O. The van der Waals surface area contributed by atoms with Gasteiger partial charge < -0.3 is 10.1 Å². The highest BCUT2D eigenvalue weighted by molar-refractivity contribution is 6.07. The molecule has 0 aliphatic carbocycles. The fraction of sp³-hybridized carbons (Fsp3) is 0.263. The second-order valence-corrected chi connectivity index (χ2v) is 5.94. The van der Waals surface area contributed by atoms with E-state index < -0.39 is 11.6 Å². The topological polar surface area (TPSA) is 58.6 Å². The number of rotatable bonds is 5. The molecule has 1 aliphatic rings. The van der Waals surface area contributed by atoms with E-state index in [-0.39, 0.29) is 18.3 Å². The molecule has 1 atom stereocenters. The predicted molar refractivity (Wildman–Crippen MR) is 90.4 cm³/mol. The number of methoxy groups -OCH3 is 1. The molecule has 2 aromatic rings. The van der Waals surface area contributed by atoms with Crippen LogP contribution in [0.2, 0.25) is 0 Å². The summed E-state index contributed by atoms with van der Waals surface area (Å²) in [7, 11) is 1.56. The Morgan fingerprint density at radius 2 is 1.88 bits per heavy atom. The van der Waals surface area contributed by atoms with Gasteiger partial charge in [-0.2, -0.15) is 0 Å². The molecular weight excluding hydrogens is 323 g/mol. The summed E-state index contributed by atoms with van der Waals surface area (Å²) >= 11 is 0. The van der Waals surface area contributed by atoms with Gasteiger partial charge >= 0.3 is 6.03 Å². The highest BCUT2D eigenvalue weighted by atomic mass is 19.1. The number of carbonyl (C=O) groups excluding carboxylic acids is 2. The lowest BCUT2D eigenvalue weighted by molar-refractivity contribution is -0.132. The van der Waals surface area contributed by atoms with E-state index in [1.807, 2.05) is 13.0 Å². The molecule has 3 amide bonds. The third-order valence-electron chi connectivity index (χ3n) is 4.52. The Morgan fingerprint density at radius 1 is 1.16 bits per heavy atom. The monoisotopic (exact) mass is 342 g/mol. The number of benzene rings is 2. The van der Waals surface area contributed by atoms with Crippen LogP contribution in [-0.4, -0.2) is 23.9 Å². The first-order valence-electron chi connectivity index (χ1n) is 8.03. The van der Waals surface area contributed by atoms with Gasteiger partial charge in [-0.05, 0) is 41.8 Å². The molecule has 2 aromatic carbocycles. The molecular formula is C19H19FN2O3. The lowest BCUT2D eigenvalue weighted by atomic mass is 9.87. The standard InChI is InChI=1S/C19H19FN2O3/c1-3-19(14-7-9-15(20)10-8-14)17(23)22(18(24)21-19)12-13-5-4-6-16(11-13)25-2/h4-11H,3,12H2,1-2H3,(H,21,24). The summed E-state index contributed by atoms with van der Waals surface area (Å²) in [5.41, 5.74) is 0.195. The first-order chi connectivity index (χ1) is 12.0. The van der Waals surface area contributed by atoms with Crippen molar-refractivity contribution in [3.8, 4) is 5.75 Å². The number of ether oxygens (including phenoxy) is 1. The Labute approximate surface area is 145 Å². The molecule has 0 radical (unpaired) electrons. The molecule has 1 unspecified atom stereocenters. The van der Waals surface area contributed by atoms with Gasteiger partial charge in [0.05, 0.1) is 13.7 Å². The number of hydrogen-bond acceptors (Lipinski definition) is 3. The molecule has 130 valence electrons. The summed E-state index contributed by atoms with van der Waals surface area (Å²) in [6.45, 7) is 1.96. The zero-order valence-corrected chi connectivity index (χ0v) is 14.1. The fourth-order valence-electron chi connectivity index (χ4n) is 3.10. The van der Waals surface area contributed by atoms with Crippen LogP contribution in [0, 0.1) is 5.82 Å². The largest absolute Gasteiger partial charge is 0.497 e. The minimum atomic E-state index is -1.16. The van der Waals surface area contributed by atoms with Crippen LogP contribution >= 0.6 is 0 Å². The molecule has 6 heteroatoms. The zero-order valence-electron chi connectivity index (χ0n) is 14.1. The number of hydrogen-bond donors (Lipinski definition) is 1. The second-order valence-electron chi connectivity index (χ2n) is 5.94. The predicted octanol–water partition coefficient (Wildman–Crippen LogP) is 3.19. The molecule has 5 nitrogen and oxygen atoms in total. The normalized spacial score (nSPS) is 19.9. The van der Waals surface area contributed by atoms with Crippen LogP contribution in [0.25, 0.3) is 0 Å². The Kier molecular flexibility index (Phi) is 4.44. The van der Waals surface area contributed by atoms with E-state index in [2.05, 4.69) is 5.32 Å². The minimum absolute atomic E-state index is 0.144. The number of urea groups is 1. The van der Waals surface area contributed by atoms with Crippen LogP contribution in [0.3, 0.4) is 0 Å². The van der Waals surface area contributed by atoms with E-state index >= 15 is 0 Å². The summed E-state index contributed by atoms with van der Waals surface area (Å²) in [6, 6.07) is 12.4. The minimum Gasteiger partial charge on any atom is -0.497 e. The second kappa shape index (κ2) is 6.55. The quantitative estimate of drug-likeness (QED) is 0.849. The van der Waals surface area contributed by atoms with Crippen LogP contribution in [0.5, 0.6) is 5.75 Å². The van der Waals surface area contributed by atoms with E-state index in [9.17, 15) is 14.0 Å². The molecule has 1 heterocycles. The van der Waals surface area contributed by atoms with Gasteiger partial charge in [0.2, 0.25) is 0 Å². The van der Waals surface area contributed by atoms with Crippen LogP contribution < -0.4 is 10.1 Å². The van der Waals surface area contributed by atoms with Crippen molar-refractivity contribution in [1.82, 2.24) is 10.2 Å². The number of imide groups is 1. The number of nitrogens with zero attached hydrogens (tertiary/aromatic N) is 1. The van der Waals surface area contributed by atoms with Crippen molar-refractivity contribution in [2.24, 2.45) is 0 Å². The molecule has 1 fully saturated rings. The van der Waals surface area contributed by atoms with Crippen molar-refractivity contribution < 1.29 is 18.7 Å². The Balaban J connectivity index is 1.91. The van der Waals surface area contributed by atoms with E-state index in [0.29, 0.717) is 17.7 Å². The van der Waals surface area contributed by atoms with Gasteiger partial charge in [-0.15, -0.1) is 0 Å². The maximum Gasteiger partial charge on any atom is 0.325 e. The van der Waals surface area contributed by atoms with Crippen LogP contribution in [0.4, 0.5) is 9.18 Å². The molecule has 3 rings (SSSR count). The third kappa shape index (κ3) is 2.95. The average Bonchev–Trinajstić information content (AvgIpc) is 2.87. The number of carbonyl (C=O) groups is 2. The molecule has 0 saturated carbocycles. The molecule has 0 aromatic heterocycles. The Morgan fingerprint density at radius 3 is 2.52 bits per heavy atom. The van der Waals surface area contributed by atoms with Crippen LogP contribution in [-0.2, 0) is 16.9 Å². The van der Waals surface area contributed by atoms with E-state index in [0.717, 1.165) is 5.56 Å². The first-order valence-corrected chi connectivity index (χ1v) is 8.03. The Bertz CT molecular complexity index is 807. The molecule has 1 aliphatic heterocycles. The van der Waals surface area contributed by atoms with Crippen molar-refractivity contribution in [2.75, 3.05) is 7.11 Å². The van der Waals surface area contributed by atoms with Gasteiger partial charge in [0.1, 0.15) is 17.1 Å². The van der Waals surface area contributed by atoms with Crippen molar-refractivity contribution in [1.29, 1.82) is 0 Å².